The van der Waals surface area contributed by atoms with E-state index >= 15 is 0 Å². The van der Waals surface area contributed by atoms with Crippen molar-refractivity contribution in [1.82, 2.24) is 20.5 Å². The molecule has 9 nitrogen and oxygen atoms in total. The minimum absolute atomic E-state index is 0.186. The maximum Gasteiger partial charge on any atom is 0.249 e. The molecule has 0 fully saturated rings. The van der Waals surface area contributed by atoms with Gasteiger partial charge in [0.2, 0.25) is 32.8 Å². The van der Waals surface area contributed by atoms with Crippen LogP contribution in [-0.4, -0.2) is 48.2 Å². The van der Waals surface area contributed by atoms with Crippen LogP contribution < -0.4 is 10.6 Å². The monoisotopic (exact) mass is 349 g/mol. The smallest absolute Gasteiger partial charge is 0.249 e. The van der Waals surface area contributed by atoms with Crippen molar-refractivity contribution < 1.29 is 18.0 Å². The normalized spacial score (nSPS) is 11.4. The molecule has 0 aliphatic rings. The van der Waals surface area contributed by atoms with E-state index in [1.54, 1.807) is 6.08 Å². The van der Waals surface area contributed by atoms with Crippen molar-refractivity contribution >= 4 is 33.7 Å². The van der Waals surface area contributed by atoms with Gasteiger partial charge in [-0.25, -0.2) is 13.5 Å². The Kier molecular flexibility index (Phi) is 5.42. The van der Waals surface area contributed by atoms with Gasteiger partial charge in [-0.05, 0) is 11.6 Å². The molecule has 1 aromatic heterocycles. The number of amides is 2. The van der Waals surface area contributed by atoms with Gasteiger partial charge in [0.1, 0.15) is 0 Å². The summed E-state index contributed by atoms with van der Waals surface area (Å²) in [4.78, 5) is 26.9. The summed E-state index contributed by atoms with van der Waals surface area (Å²) in [6, 6.07) is 9.21. The lowest BCUT2D eigenvalue weighted by atomic mass is 10.2. The molecule has 0 aliphatic carbocycles. The van der Waals surface area contributed by atoms with Crippen LogP contribution in [0.2, 0.25) is 0 Å². The topological polar surface area (TPSA) is 134 Å². The number of aromatic amines is 1. The standard InChI is InChI=1S/C14H15N5O4S/c1-24(22,23)14-17-13(18-19-14)16-12(21)9-15-11(20)8-7-10-5-3-2-4-6-10/h2-8H,9H2,1H3,(H,15,20)(H2,16,17,18,19,21)/b8-7+. The number of nitrogens with zero attached hydrogens (tertiary/aromatic N) is 2. The zero-order valence-corrected chi connectivity index (χ0v) is 13.5. The molecule has 0 spiro atoms. The summed E-state index contributed by atoms with van der Waals surface area (Å²) >= 11 is 0. The van der Waals surface area contributed by atoms with Crippen LogP contribution in [0.3, 0.4) is 0 Å². The first-order valence-corrected chi connectivity index (χ1v) is 8.67. The zero-order valence-electron chi connectivity index (χ0n) is 12.7. The Bertz CT molecular complexity index is 858. The van der Waals surface area contributed by atoms with Crippen LogP contribution in [0.15, 0.2) is 41.6 Å². The van der Waals surface area contributed by atoms with E-state index in [9.17, 15) is 18.0 Å². The molecule has 24 heavy (non-hydrogen) atoms. The van der Waals surface area contributed by atoms with E-state index in [4.69, 9.17) is 0 Å². The maximum absolute atomic E-state index is 11.7. The third kappa shape index (κ3) is 5.32. The highest BCUT2D eigenvalue weighted by molar-refractivity contribution is 7.90. The minimum atomic E-state index is -3.54. The number of aromatic nitrogens is 3. The van der Waals surface area contributed by atoms with Gasteiger partial charge in [0, 0.05) is 12.3 Å². The molecule has 2 amide bonds. The van der Waals surface area contributed by atoms with E-state index in [-0.39, 0.29) is 17.6 Å². The lowest BCUT2D eigenvalue weighted by Crippen LogP contribution is -2.32. The largest absolute Gasteiger partial charge is 0.343 e. The van der Waals surface area contributed by atoms with E-state index in [1.807, 2.05) is 30.3 Å². The van der Waals surface area contributed by atoms with E-state index in [0.717, 1.165) is 11.8 Å². The third-order valence-corrected chi connectivity index (χ3v) is 3.60. The van der Waals surface area contributed by atoms with Gasteiger partial charge in [0.25, 0.3) is 0 Å². The first kappa shape index (κ1) is 17.3. The fourth-order valence-electron chi connectivity index (χ4n) is 1.60. The number of hydrogen-bond acceptors (Lipinski definition) is 6. The van der Waals surface area contributed by atoms with Gasteiger partial charge in [-0.2, -0.15) is 4.98 Å². The molecular weight excluding hydrogens is 334 g/mol. The molecule has 10 heteroatoms. The summed E-state index contributed by atoms with van der Waals surface area (Å²) in [5.41, 5.74) is 0.853. The second-order valence-electron chi connectivity index (χ2n) is 4.75. The Balaban J connectivity index is 1.81. The predicted molar refractivity (Wildman–Crippen MR) is 86.6 cm³/mol. The van der Waals surface area contributed by atoms with E-state index in [0.29, 0.717) is 0 Å². The number of carbonyl (C=O) groups excluding carboxylic acids is 2. The van der Waals surface area contributed by atoms with Crippen LogP contribution >= 0.6 is 0 Å². The van der Waals surface area contributed by atoms with Crippen LogP contribution in [0, 0.1) is 0 Å². The molecule has 0 radical (unpaired) electrons. The molecule has 3 N–H and O–H groups in total. The second kappa shape index (κ2) is 7.51. The average Bonchev–Trinajstić information content (AvgIpc) is 3.00. The Morgan fingerprint density at radius 1 is 1.25 bits per heavy atom. The SMILES string of the molecule is CS(=O)(=O)c1nc(NC(=O)CNC(=O)/C=C/c2ccccc2)n[nH]1. The number of nitrogens with one attached hydrogen (secondary N) is 3. The van der Waals surface area contributed by atoms with Gasteiger partial charge < -0.3 is 5.32 Å². The maximum atomic E-state index is 11.7. The van der Waals surface area contributed by atoms with E-state index in [2.05, 4.69) is 25.8 Å². The van der Waals surface area contributed by atoms with Crippen LogP contribution in [-0.2, 0) is 19.4 Å². The summed E-state index contributed by atoms with van der Waals surface area (Å²) in [6.07, 6.45) is 3.87. The predicted octanol–water partition coefficient (Wildman–Crippen LogP) is -0.0237. The number of hydrogen-bond donors (Lipinski definition) is 3. The van der Waals surface area contributed by atoms with Crippen molar-refractivity contribution in [3.8, 4) is 0 Å². The molecule has 0 saturated carbocycles. The number of sulfone groups is 1. The van der Waals surface area contributed by atoms with Crippen molar-refractivity contribution in [1.29, 1.82) is 0 Å². The van der Waals surface area contributed by atoms with Crippen LogP contribution in [0.1, 0.15) is 5.56 Å². The van der Waals surface area contributed by atoms with Gasteiger partial charge in [0.05, 0.1) is 6.54 Å². The third-order valence-electron chi connectivity index (χ3n) is 2.72. The fourth-order valence-corrected chi connectivity index (χ4v) is 2.06. The summed E-state index contributed by atoms with van der Waals surface area (Å²) in [6.45, 7) is -0.305. The number of benzene rings is 1. The summed E-state index contributed by atoms with van der Waals surface area (Å²) < 4.78 is 22.4. The highest BCUT2D eigenvalue weighted by atomic mass is 32.2. The van der Waals surface area contributed by atoms with Gasteiger partial charge in [0.15, 0.2) is 0 Å². The summed E-state index contributed by atoms with van der Waals surface area (Å²) in [7, 11) is -3.54. The van der Waals surface area contributed by atoms with Crippen molar-refractivity contribution in [2.24, 2.45) is 0 Å². The molecule has 0 aliphatic heterocycles. The van der Waals surface area contributed by atoms with Crippen molar-refractivity contribution in [2.75, 3.05) is 18.1 Å². The molecule has 126 valence electrons. The van der Waals surface area contributed by atoms with Crippen molar-refractivity contribution in [3.05, 3.63) is 42.0 Å². The number of H-pyrrole nitrogens is 1. The van der Waals surface area contributed by atoms with Crippen molar-refractivity contribution in [3.63, 3.8) is 0 Å². The van der Waals surface area contributed by atoms with Gasteiger partial charge in [-0.15, -0.1) is 5.10 Å². The average molecular weight is 349 g/mol. The zero-order chi connectivity index (χ0) is 17.6. The second-order valence-corrected chi connectivity index (χ2v) is 6.68. The summed E-state index contributed by atoms with van der Waals surface area (Å²) in [5.74, 6) is -1.22. The van der Waals surface area contributed by atoms with Crippen LogP contribution in [0.5, 0.6) is 0 Å². The van der Waals surface area contributed by atoms with Gasteiger partial charge in [-0.1, -0.05) is 30.3 Å². The fraction of sp³-hybridized carbons (Fsp3) is 0.143. The molecule has 2 aromatic rings. The molecule has 1 aromatic carbocycles. The minimum Gasteiger partial charge on any atom is -0.343 e. The lowest BCUT2D eigenvalue weighted by Gasteiger charge is -2.01. The number of carbonyl (C=O) groups is 2. The highest BCUT2D eigenvalue weighted by Crippen LogP contribution is 2.04. The Morgan fingerprint density at radius 3 is 2.58 bits per heavy atom. The molecule has 0 atom stereocenters. The first-order valence-electron chi connectivity index (χ1n) is 6.78. The Hall–Kier alpha value is -3.01. The summed E-state index contributed by atoms with van der Waals surface area (Å²) in [5, 5.41) is 10.0. The highest BCUT2D eigenvalue weighted by Gasteiger charge is 2.14. The molecule has 0 unspecified atom stereocenters. The van der Waals surface area contributed by atoms with Crippen molar-refractivity contribution in [2.45, 2.75) is 5.16 Å². The lowest BCUT2D eigenvalue weighted by molar-refractivity contribution is -0.121. The van der Waals surface area contributed by atoms with Gasteiger partial charge in [-0.3, -0.25) is 14.9 Å². The molecular formula is C14H15N5O4S. The first-order chi connectivity index (χ1) is 11.3. The van der Waals surface area contributed by atoms with E-state index < -0.39 is 21.7 Å². The Labute approximate surface area is 138 Å². The Morgan fingerprint density at radius 2 is 1.96 bits per heavy atom. The van der Waals surface area contributed by atoms with Crippen LogP contribution in [0.4, 0.5) is 5.95 Å². The number of rotatable bonds is 6. The quantitative estimate of drug-likeness (QED) is 0.627. The van der Waals surface area contributed by atoms with Gasteiger partial charge >= 0.3 is 0 Å². The molecule has 0 saturated heterocycles. The van der Waals surface area contributed by atoms with Crippen LogP contribution in [0.25, 0.3) is 6.08 Å². The molecule has 0 bridgehead atoms. The molecule has 2 rings (SSSR count). The van der Waals surface area contributed by atoms with E-state index in [1.165, 1.54) is 6.08 Å². The number of anilines is 1. The molecule has 1 heterocycles.